The number of imidazole rings is 2. The van der Waals surface area contributed by atoms with Gasteiger partial charge in [0.05, 0.1) is 17.6 Å². The van der Waals surface area contributed by atoms with Crippen molar-refractivity contribution >= 4 is 24.8 Å². The Labute approximate surface area is 205 Å². The maximum absolute atomic E-state index is 6.29. The normalized spacial score (nSPS) is 12.0. The Hall–Kier alpha value is -3.56. The number of ether oxygens (including phenoxy) is 2. The second kappa shape index (κ2) is 9.24. The maximum Gasteiger partial charge on any atom is 0.272 e. The van der Waals surface area contributed by atoms with Gasteiger partial charge in [0.25, 0.3) is 5.88 Å². The minimum absolute atomic E-state index is 0.450. The fraction of sp³-hybridized carbons (Fsp3) is 0.308. The molecule has 0 amide bonds. The Morgan fingerprint density at radius 2 is 1.91 bits per heavy atom. The highest BCUT2D eigenvalue weighted by atomic mass is 28.3. The van der Waals surface area contributed by atoms with Crippen molar-refractivity contribution in [2.24, 2.45) is 0 Å². The molecule has 4 aromatic heterocycles. The average Bonchev–Trinajstić information content (AvgIpc) is 3.44. The molecule has 1 N–H and O–H groups in total. The standard InChI is InChI=1S/C26H30N6O2Si/c1-18-14-20(6-7-21(18)24-19(2)29-15-23-27-10-11-32(23)24)34-26-25-22(8-9-28-26)30-16-31(25)17-33-12-13-35(3,4)5/h6-11,14-16H,12-13,17H2,1-5H3/p+1. The van der Waals surface area contributed by atoms with Gasteiger partial charge in [-0.25, -0.2) is 19.5 Å². The van der Waals surface area contributed by atoms with Gasteiger partial charge in [0.15, 0.2) is 17.9 Å². The van der Waals surface area contributed by atoms with Crippen LogP contribution in [0.1, 0.15) is 11.3 Å². The Bertz CT molecular complexity index is 1500. The molecule has 35 heavy (non-hydrogen) atoms. The molecular weight excluding hydrogens is 456 g/mol. The van der Waals surface area contributed by atoms with E-state index in [2.05, 4.69) is 57.0 Å². The molecule has 0 fully saturated rings. The lowest BCUT2D eigenvalue weighted by Crippen LogP contribution is -2.34. The van der Waals surface area contributed by atoms with Gasteiger partial charge >= 0.3 is 0 Å². The monoisotopic (exact) mass is 487 g/mol. The number of H-pyrrole nitrogens is 1. The molecule has 0 spiro atoms. The van der Waals surface area contributed by atoms with Crippen LogP contribution in [-0.2, 0) is 11.5 Å². The third kappa shape index (κ3) is 4.82. The zero-order chi connectivity index (χ0) is 24.6. The van der Waals surface area contributed by atoms with E-state index in [4.69, 9.17) is 9.47 Å². The predicted octanol–water partition coefficient (Wildman–Crippen LogP) is 5.28. The van der Waals surface area contributed by atoms with Crippen molar-refractivity contribution in [2.75, 3.05) is 6.61 Å². The number of aromatic amines is 1. The summed E-state index contributed by atoms with van der Waals surface area (Å²) in [4.78, 5) is 16.7. The van der Waals surface area contributed by atoms with Gasteiger partial charge in [-0.1, -0.05) is 19.6 Å². The van der Waals surface area contributed by atoms with Crippen LogP contribution < -0.4 is 9.30 Å². The molecule has 5 aromatic rings. The molecule has 5 rings (SSSR count). The molecular formula is C26H31N6O2Si+. The smallest absolute Gasteiger partial charge is 0.272 e. The molecule has 0 aliphatic heterocycles. The van der Waals surface area contributed by atoms with E-state index in [9.17, 15) is 0 Å². The summed E-state index contributed by atoms with van der Waals surface area (Å²) in [6.07, 6.45) is 9.20. The molecule has 0 atom stereocenters. The van der Waals surface area contributed by atoms with Crippen molar-refractivity contribution < 1.29 is 14.0 Å². The van der Waals surface area contributed by atoms with Crippen LogP contribution in [0.25, 0.3) is 27.9 Å². The number of nitrogens with one attached hydrogen (secondary N) is 1. The minimum atomic E-state index is -1.13. The molecule has 4 heterocycles. The van der Waals surface area contributed by atoms with E-state index in [0.717, 1.165) is 57.6 Å². The number of hydrogen-bond donors (Lipinski definition) is 1. The molecule has 180 valence electrons. The molecule has 8 nitrogen and oxygen atoms in total. The van der Waals surface area contributed by atoms with Gasteiger partial charge in [-0.05, 0) is 43.7 Å². The second-order valence-corrected chi connectivity index (χ2v) is 15.7. The van der Waals surface area contributed by atoms with Crippen LogP contribution in [0.15, 0.2) is 55.4 Å². The van der Waals surface area contributed by atoms with E-state index in [1.807, 2.05) is 42.2 Å². The molecule has 0 unspecified atom stereocenters. The SMILES string of the molecule is Cc1cc(Oc2nccc3[nH]c[n+](COCC[Si](C)(C)C)c23)ccc1-c1c(C)ncc2nccn12. The third-order valence-electron chi connectivity index (χ3n) is 6.07. The largest absolute Gasteiger partial charge is 0.435 e. The summed E-state index contributed by atoms with van der Waals surface area (Å²) in [5.41, 5.74) is 6.80. The summed E-state index contributed by atoms with van der Waals surface area (Å²) in [6.45, 7) is 12.4. The Kier molecular flexibility index (Phi) is 6.12. The van der Waals surface area contributed by atoms with E-state index in [1.54, 1.807) is 18.6 Å². The first-order chi connectivity index (χ1) is 16.8. The summed E-state index contributed by atoms with van der Waals surface area (Å²) in [7, 11) is -1.13. The van der Waals surface area contributed by atoms with E-state index in [0.29, 0.717) is 12.6 Å². The van der Waals surface area contributed by atoms with Crippen LogP contribution in [0, 0.1) is 13.8 Å². The van der Waals surface area contributed by atoms with Gasteiger partial charge in [0, 0.05) is 44.9 Å². The number of pyridine rings is 1. The van der Waals surface area contributed by atoms with Crippen molar-refractivity contribution in [3.05, 3.63) is 66.6 Å². The molecule has 0 saturated heterocycles. The molecule has 0 aliphatic carbocycles. The molecule has 0 radical (unpaired) electrons. The van der Waals surface area contributed by atoms with Crippen LogP contribution in [0.3, 0.4) is 0 Å². The highest BCUT2D eigenvalue weighted by molar-refractivity contribution is 6.76. The number of benzene rings is 1. The van der Waals surface area contributed by atoms with Crippen LogP contribution in [-0.4, -0.2) is 39.0 Å². The lowest BCUT2D eigenvalue weighted by Gasteiger charge is -2.15. The Morgan fingerprint density at radius 1 is 1.06 bits per heavy atom. The van der Waals surface area contributed by atoms with E-state index in [1.165, 1.54) is 0 Å². The van der Waals surface area contributed by atoms with Crippen molar-refractivity contribution in [3.63, 3.8) is 0 Å². The Balaban J connectivity index is 1.41. The van der Waals surface area contributed by atoms with E-state index < -0.39 is 8.07 Å². The van der Waals surface area contributed by atoms with E-state index >= 15 is 0 Å². The zero-order valence-corrected chi connectivity index (χ0v) is 21.9. The average molecular weight is 488 g/mol. The van der Waals surface area contributed by atoms with Crippen molar-refractivity contribution in [2.45, 2.75) is 46.3 Å². The first kappa shape index (κ1) is 23.2. The lowest BCUT2D eigenvalue weighted by molar-refractivity contribution is -0.709. The van der Waals surface area contributed by atoms with Crippen LogP contribution in [0.5, 0.6) is 11.6 Å². The zero-order valence-electron chi connectivity index (χ0n) is 20.9. The van der Waals surface area contributed by atoms with Gasteiger partial charge in [0.2, 0.25) is 11.8 Å². The van der Waals surface area contributed by atoms with Crippen LogP contribution >= 0.6 is 0 Å². The lowest BCUT2D eigenvalue weighted by atomic mass is 10.0. The van der Waals surface area contributed by atoms with Gasteiger partial charge in [0.1, 0.15) is 5.75 Å². The minimum Gasteiger partial charge on any atom is -0.435 e. The van der Waals surface area contributed by atoms with Gasteiger partial charge < -0.3 is 9.47 Å². The van der Waals surface area contributed by atoms with Crippen molar-refractivity contribution in [1.82, 2.24) is 24.3 Å². The topological polar surface area (TPSA) is 81.2 Å². The van der Waals surface area contributed by atoms with Gasteiger partial charge in [-0.3, -0.25) is 9.38 Å². The summed E-state index contributed by atoms with van der Waals surface area (Å²) in [5, 5.41) is 0. The van der Waals surface area contributed by atoms with Gasteiger partial charge in [-0.2, -0.15) is 0 Å². The predicted molar refractivity (Wildman–Crippen MR) is 138 cm³/mol. The molecule has 9 heteroatoms. The van der Waals surface area contributed by atoms with Crippen LogP contribution in [0.4, 0.5) is 0 Å². The first-order valence-electron chi connectivity index (χ1n) is 11.8. The number of aryl methyl sites for hydroxylation is 2. The maximum atomic E-state index is 6.29. The summed E-state index contributed by atoms with van der Waals surface area (Å²) < 4.78 is 16.3. The number of rotatable bonds is 8. The second-order valence-electron chi connectivity index (χ2n) is 10.0. The number of aromatic nitrogens is 6. The van der Waals surface area contributed by atoms with Crippen molar-refractivity contribution in [1.29, 1.82) is 0 Å². The highest BCUT2D eigenvalue weighted by Crippen LogP contribution is 2.31. The molecule has 0 bridgehead atoms. The number of hydrogen-bond acceptors (Lipinski definition) is 5. The number of fused-ring (bicyclic) bond motifs is 2. The highest BCUT2D eigenvalue weighted by Gasteiger charge is 2.19. The quantitative estimate of drug-likeness (QED) is 0.183. The van der Waals surface area contributed by atoms with Crippen molar-refractivity contribution in [3.8, 4) is 22.9 Å². The van der Waals surface area contributed by atoms with E-state index in [-0.39, 0.29) is 0 Å². The van der Waals surface area contributed by atoms with Gasteiger partial charge in [-0.15, -0.1) is 0 Å². The summed E-state index contributed by atoms with van der Waals surface area (Å²) >= 11 is 0. The summed E-state index contributed by atoms with van der Waals surface area (Å²) in [5.74, 6) is 1.27. The Morgan fingerprint density at radius 3 is 2.71 bits per heavy atom. The fourth-order valence-corrected chi connectivity index (χ4v) is 4.91. The van der Waals surface area contributed by atoms with Crippen LogP contribution in [0.2, 0.25) is 25.7 Å². The number of nitrogens with zero attached hydrogens (tertiary/aromatic N) is 5. The fourth-order valence-electron chi connectivity index (χ4n) is 4.15. The first-order valence-corrected chi connectivity index (χ1v) is 15.5. The molecule has 1 aromatic carbocycles. The molecule has 0 saturated carbocycles. The third-order valence-corrected chi connectivity index (χ3v) is 7.78. The summed E-state index contributed by atoms with van der Waals surface area (Å²) in [6, 6.07) is 9.15. The molecule has 0 aliphatic rings.